The predicted octanol–water partition coefficient (Wildman–Crippen LogP) is 3.85. The van der Waals surface area contributed by atoms with E-state index in [-0.39, 0.29) is 5.91 Å². The molecule has 0 saturated carbocycles. The number of furan rings is 1. The van der Waals surface area contributed by atoms with E-state index in [2.05, 4.69) is 22.4 Å². The predicted molar refractivity (Wildman–Crippen MR) is 89.4 cm³/mol. The maximum atomic E-state index is 12.1. The second-order valence-corrected chi connectivity index (χ2v) is 5.40. The molecule has 0 radical (unpaired) electrons. The summed E-state index contributed by atoms with van der Waals surface area (Å²) in [5, 5.41) is 6.82. The molecule has 0 aliphatic carbocycles. The van der Waals surface area contributed by atoms with Crippen LogP contribution in [0.25, 0.3) is 11.6 Å². The largest absolute Gasteiger partial charge is 0.461 e. The summed E-state index contributed by atoms with van der Waals surface area (Å²) in [5.74, 6) is 1.49. The number of carbonyl (C=O) groups is 1. The van der Waals surface area contributed by atoms with Crippen molar-refractivity contribution in [3.8, 4) is 11.6 Å². The van der Waals surface area contributed by atoms with Gasteiger partial charge in [-0.05, 0) is 36.6 Å². The summed E-state index contributed by atoms with van der Waals surface area (Å²) in [5.41, 5.74) is 2.01. The summed E-state index contributed by atoms with van der Waals surface area (Å²) >= 11 is 0. The Bertz CT molecular complexity index is 793. The van der Waals surface area contributed by atoms with Crippen LogP contribution < -0.4 is 5.32 Å². The minimum Gasteiger partial charge on any atom is -0.461 e. The molecule has 24 heavy (non-hydrogen) atoms. The van der Waals surface area contributed by atoms with Gasteiger partial charge in [0.05, 0.1) is 6.26 Å². The van der Waals surface area contributed by atoms with Gasteiger partial charge in [-0.2, -0.15) is 4.98 Å². The normalized spacial score (nSPS) is 10.7. The third kappa shape index (κ3) is 3.90. The molecule has 0 unspecified atom stereocenters. The van der Waals surface area contributed by atoms with Gasteiger partial charge in [-0.1, -0.05) is 30.3 Å². The molecule has 2 aromatic heterocycles. The van der Waals surface area contributed by atoms with Crippen LogP contribution in [0.3, 0.4) is 0 Å². The summed E-state index contributed by atoms with van der Waals surface area (Å²) in [6.07, 6.45) is 4.03. The highest BCUT2D eigenvalue weighted by molar-refractivity contribution is 5.91. The van der Waals surface area contributed by atoms with Crippen molar-refractivity contribution in [3.05, 3.63) is 54.1 Å². The van der Waals surface area contributed by atoms with Crippen LogP contribution in [0, 0.1) is 0 Å². The highest BCUT2D eigenvalue weighted by Crippen LogP contribution is 2.18. The average Bonchev–Trinajstić information content (AvgIpc) is 3.26. The molecule has 6 nitrogen and oxygen atoms in total. The summed E-state index contributed by atoms with van der Waals surface area (Å²) in [6, 6.07) is 11.4. The van der Waals surface area contributed by atoms with Gasteiger partial charge in [0.15, 0.2) is 5.76 Å². The van der Waals surface area contributed by atoms with Crippen LogP contribution in [0.4, 0.5) is 5.69 Å². The van der Waals surface area contributed by atoms with Gasteiger partial charge >= 0.3 is 0 Å². The van der Waals surface area contributed by atoms with Crippen LogP contribution in [0.15, 0.2) is 51.6 Å². The van der Waals surface area contributed by atoms with E-state index < -0.39 is 0 Å². The Balaban J connectivity index is 1.49. The number of anilines is 1. The van der Waals surface area contributed by atoms with E-state index in [0.717, 1.165) is 17.7 Å². The Morgan fingerprint density at radius 3 is 2.88 bits per heavy atom. The van der Waals surface area contributed by atoms with Crippen molar-refractivity contribution in [2.75, 3.05) is 5.32 Å². The number of rotatable bonds is 7. The van der Waals surface area contributed by atoms with Gasteiger partial charge in [0.25, 0.3) is 0 Å². The molecular formula is C18H19N3O3. The quantitative estimate of drug-likeness (QED) is 0.713. The van der Waals surface area contributed by atoms with Crippen molar-refractivity contribution in [2.24, 2.45) is 0 Å². The lowest BCUT2D eigenvalue weighted by atomic mass is 10.1. The molecule has 0 aliphatic heterocycles. The number of aryl methyl sites for hydroxylation is 2. The molecular weight excluding hydrogens is 306 g/mol. The number of carbonyl (C=O) groups excluding carboxylic acids is 1. The van der Waals surface area contributed by atoms with Gasteiger partial charge in [-0.15, -0.1) is 0 Å². The third-order valence-corrected chi connectivity index (χ3v) is 3.68. The van der Waals surface area contributed by atoms with E-state index in [4.69, 9.17) is 8.94 Å². The van der Waals surface area contributed by atoms with E-state index >= 15 is 0 Å². The lowest BCUT2D eigenvalue weighted by Gasteiger charge is -2.09. The molecule has 3 aromatic rings. The number of benzene rings is 1. The first-order valence-corrected chi connectivity index (χ1v) is 8.00. The molecule has 1 N–H and O–H groups in total. The van der Waals surface area contributed by atoms with Gasteiger partial charge in [0.1, 0.15) is 0 Å². The number of hydrogen-bond acceptors (Lipinski definition) is 5. The molecule has 124 valence electrons. The number of aromatic nitrogens is 2. The van der Waals surface area contributed by atoms with Crippen molar-refractivity contribution in [1.82, 2.24) is 10.1 Å². The Morgan fingerprint density at radius 1 is 1.21 bits per heavy atom. The van der Waals surface area contributed by atoms with Crippen molar-refractivity contribution in [2.45, 2.75) is 32.6 Å². The fourth-order valence-corrected chi connectivity index (χ4v) is 2.43. The first kappa shape index (κ1) is 16.0. The summed E-state index contributed by atoms with van der Waals surface area (Å²) in [6.45, 7) is 2.07. The zero-order valence-electron chi connectivity index (χ0n) is 13.5. The number of amides is 1. The number of hydrogen-bond donors (Lipinski definition) is 1. The van der Waals surface area contributed by atoms with Crippen molar-refractivity contribution in [1.29, 1.82) is 0 Å². The highest BCUT2D eigenvalue weighted by atomic mass is 16.5. The smallest absolute Gasteiger partial charge is 0.238 e. The Morgan fingerprint density at radius 2 is 2.08 bits per heavy atom. The zero-order valence-corrected chi connectivity index (χ0v) is 13.5. The maximum Gasteiger partial charge on any atom is 0.238 e. The first-order chi connectivity index (χ1) is 11.8. The number of nitrogens with zero attached hydrogens (tertiary/aromatic N) is 2. The van der Waals surface area contributed by atoms with Crippen LogP contribution >= 0.6 is 0 Å². The molecule has 1 aromatic carbocycles. The number of nitrogens with one attached hydrogen (secondary N) is 1. The second-order valence-electron chi connectivity index (χ2n) is 5.40. The standard InChI is InChI=1S/C18H19N3O3/c1-2-13-7-3-4-8-14(13)19-16(22)10-5-11-17-20-18(21-24-17)15-9-6-12-23-15/h3-4,6-9,12H,2,5,10-11H2,1H3,(H,19,22). The molecule has 0 spiro atoms. The van der Waals surface area contributed by atoms with Crippen molar-refractivity contribution in [3.63, 3.8) is 0 Å². The topological polar surface area (TPSA) is 81.2 Å². The summed E-state index contributed by atoms with van der Waals surface area (Å²) in [7, 11) is 0. The van der Waals surface area contributed by atoms with E-state index in [0.29, 0.717) is 36.7 Å². The SMILES string of the molecule is CCc1ccccc1NC(=O)CCCc1nc(-c2ccco2)no1. The average molecular weight is 325 g/mol. The molecule has 0 saturated heterocycles. The fourth-order valence-electron chi connectivity index (χ4n) is 2.43. The third-order valence-electron chi connectivity index (χ3n) is 3.68. The molecule has 0 fully saturated rings. The number of para-hydroxylation sites is 1. The van der Waals surface area contributed by atoms with E-state index in [1.165, 1.54) is 0 Å². The minimum absolute atomic E-state index is 0.0123. The molecule has 0 atom stereocenters. The van der Waals surface area contributed by atoms with Gasteiger partial charge in [0.2, 0.25) is 17.6 Å². The first-order valence-electron chi connectivity index (χ1n) is 8.00. The molecule has 3 rings (SSSR count). The van der Waals surface area contributed by atoms with E-state index in [9.17, 15) is 4.79 Å². The maximum absolute atomic E-state index is 12.1. The molecule has 2 heterocycles. The summed E-state index contributed by atoms with van der Waals surface area (Å²) < 4.78 is 10.4. The van der Waals surface area contributed by atoms with Gasteiger partial charge in [-0.3, -0.25) is 4.79 Å². The monoisotopic (exact) mass is 325 g/mol. The van der Waals surface area contributed by atoms with Crippen LogP contribution in [0.1, 0.15) is 31.2 Å². The van der Waals surface area contributed by atoms with E-state index in [1.807, 2.05) is 24.3 Å². The minimum atomic E-state index is -0.0123. The Labute approximate surface area is 139 Å². The van der Waals surface area contributed by atoms with Gasteiger partial charge in [-0.25, -0.2) is 0 Å². The lowest BCUT2D eigenvalue weighted by molar-refractivity contribution is -0.116. The Hall–Kier alpha value is -2.89. The van der Waals surface area contributed by atoms with E-state index in [1.54, 1.807) is 18.4 Å². The van der Waals surface area contributed by atoms with Crippen LogP contribution in [0.2, 0.25) is 0 Å². The Kier molecular flexibility index (Phi) is 5.05. The molecule has 6 heteroatoms. The molecule has 0 bridgehead atoms. The molecule has 0 aliphatic rings. The van der Waals surface area contributed by atoms with Crippen LogP contribution in [0.5, 0.6) is 0 Å². The van der Waals surface area contributed by atoms with Gasteiger partial charge < -0.3 is 14.3 Å². The molecule has 1 amide bonds. The van der Waals surface area contributed by atoms with Crippen molar-refractivity contribution < 1.29 is 13.7 Å². The van der Waals surface area contributed by atoms with Crippen LogP contribution in [-0.4, -0.2) is 16.0 Å². The summed E-state index contributed by atoms with van der Waals surface area (Å²) in [4.78, 5) is 16.3. The fraction of sp³-hybridized carbons (Fsp3) is 0.278. The van der Waals surface area contributed by atoms with Gasteiger partial charge in [0, 0.05) is 18.5 Å². The lowest BCUT2D eigenvalue weighted by Crippen LogP contribution is -2.12. The second kappa shape index (κ2) is 7.59. The highest BCUT2D eigenvalue weighted by Gasteiger charge is 2.11. The van der Waals surface area contributed by atoms with Crippen molar-refractivity contribution >= 4 is 11.6 Å². The zero-order chi connectivity index (χ0) is 16.8. The van der Waals surface area contributed by atoms with Crippen LogP contribution in [-0.2, 0) is 17.6 Å².